The molecule has 1 aliphatic rings. The Morgan fingerprint density at radius 3 is 2.65 bits per heavy atom. The molecule has 26 heavy (non-hydrogen) atoms. The molecule has 1 saturated heterocycles. The van der Waals surface area contributed by atoms with Crippen LogP contribution < -0.4 is 10.6 Å². The SMILES string of the molecule is FC(F)(F)c1cccc(-c2nc(Cl)cc(NCCC3CCNCC3)n2)c1. The van der Waals surface area contributed by atoms with Crippen LogP contribution in [0.2, 0.25) is 5.15 Å². The van der Waals surface area contributed by atoms with Crippen LogP contribution in [-0.4, -0.2) is 29.6 Å². The van der Waals surface area contributed by atoms with Gasteiger partial charge in [-0.3, -0.25) is 0 Å². The van der Waals surface area contributed by atoms with Crippen LogP contribution in [0.15, 0.2) is 30.3 Å². The summed E-state index contributed by atoms with van der Waals surface area (Å²) in [5, 5.41) is 6.73. The van der Waals surface area contributed by atoms with Crippen molar-refractivity contribution in [3.05, 3.63) is 41.0 Å². The highest BCUT2D eigenvalue weighted by Crippen LogP contribution is 2.32. The number of aromatic nitrogens is 2. The smallest absolute Gasteiger partial charge is 0.370 e. The minimum Gasteiger partial charge on any atom is -0.370 e. The van der Waals surface area contributed by atoms with E-state index in [0.29, 0.717) is 11.7 Å². The average molecular weight is 385 g/mol. The van der Waals surface area contributed by atoms with Crippen LogP contribution >= 0.6 is 11.6 Å². The number of nitrogens with one attached hydrogen (secondary N) is 2. The molecular formula is C18H20ClF3N4. The lowest BCUT2D eigenvalue weighted by molar-refractivity contribution is -0.137. The highest BCUT2D eigenvalue weighted by molar-refractivity contribution is 6.29. The Morgan fingerprint density at radius 2 is 1.92 bits per heavy atom. The Morgan fingerprint density at radius 1 is 1.15 bits per heavy atom. The van der Waals surface area contributed by atoms with E-state index in [-0.39, 0.29) is 16.5 Å². The molecule has 8 heteroatoms. The first-order valence-electron chi connectivity index (χ1n) is 8.58. The van der Waals surface area contributed by atoms with Crippen molar-refractivity contribution in [1.29, 1.82) is 0 Å². The van der Waals surface area contributed by atoms with E-state index < -0.39 is 11.7 Å². The van der Waals surface area contributed by atoms with Crippen LogP contribution in [0.1, 0.15) is 24.8 Å². The number of halogens is 4. The molecular weight excluding hydrogens is 365 g/mol. The van der Waals surface area contributed by atoms with Gasteiger partial charge in [-0.15, -0.1) is 0 Å². The summed E-state index contributed by atoms with van der Waals surface area (Å²) in [5.41, 5.74) is -0.456. The Labute approximate surface area is 155 Å². The number of piperidine rings is 1. The Kier molecular flexibility index (Phi) is 5.98. The Hall–Kier alpha value is -1.86. The third kappa shape index (κ3) is 5.08. The molecule has 0 saturated carbocycles. The van der Waals surface area contributed by atoms with Crippen LogP contribution in [0.5, 0.6) is 0 Å². The maximum Gasteiger partial charge on any atom is 0.416 e. The molecule has 3 rings (SSSR count). The first kappa shape index (κ1) is 18.9. The number of nitrogens with zero attached hydrogens (tertiary/aromatic N) is 2. The molecule has 2 N–H and O–H groups in total. The second-order valence-corrected chi connectivity index (χ2v) is 6.77. The van der Waals surface area contributed by atoms with Crippen LogP contribution in [-0.2, 0) is 6.18 Å². The molecule has 1 aromatic carbocycles. The van der Waals surface area contributed by atoms with Crippen molar-refractivity contribution in [3.63, 3.8) is 0 Å². The summed E-state index contributed by atoms with van der Waals surface area (Å²) in [6.45, 7) is 2.83. The monoisotopic (exact) mass is 384 g/mol. The summed E-state index contributed by atoms with van der Waals surface area (Å²) >= 11 is 6.04. The molecule has 2 aromatic rings. The summed E-state index contributed by atoms with van der Waals surface area (Å²) in [6, 6.07) is 6.52. The van der Waals surface area contributed by atoms with Gasteiger partial charge in [0.05, 0.1) is 5.56 Å². The third-order valence-electron chi connectivity index (χ3n) is 4.46. The second kappa shape index (κ2) is 8.22. The molecule has 1 fully saturated rings. The zero-order valence-electron chi connectivity index (χ0n) is 14.1. The first-order valence-corrected chi connectivity index (χ1v) is 8.96. The lowest BCUT2D eigenvalue weighted by Gasteiger charge is -2.22. The lowest BCUT2D eigenvalue weighted by atomic mass is 9.95. The number of rotatable bonds is 5. The van der Waals surface area contributed by atoms with Crippen molar-refractivity contribution < 1.29 is 13.2 Å². The molecule has 140 valence electrons. The zero-order valence-corrected chi connectivity index (χ0v) is 14.9. The predicted octanol–water partition coefficient (Wildman–Crippen LogP) is 4.62. The maximum absolute atomic E-state index is 12.9. The quantitative estimate of drug-likeness (QED) is 0.739. The van der Waals surface area contributed by atoms with Crippen molar-refractivity contribution in [1.82, 2.24) is 15.3 Å². The largest absolute Gasteiger partial charge is 0.416 e. The normalized spacial score (nSPS) is 15.8. The molecule has 0 aliphatic carbocycles. The van der Waals surface area contributed by atoms with Gasteiger partial charge in [-0.25, -0.2) is 9.97 Å². The summed E-state index contributed by atoms with van der Waals surface area (Å²) < 4.78 is 38.7. The van der Waals surface area contributed by atoms with Crippen molar-refractivity contribution in [2.45, 2.75) is 25.4 Å². The van der Waals surface area contributed by atoms with Crippen LogP contribution in [0.25, 0.3) is 11.4 Å². The van der Waals surface area contributed by atoms with Gasteiger partial charge in [-0.2, -0.15) is 13.2 Å². The minimum atomic E-state index is -4.41. The van der Waals surface area contributed by atoms with E-state index in [4.69, 9.17) is 11.6 Å². The number of alkyl halides is 3. The fraction of sp³-hybridized carbons (Fsp3) is 0.444. The van der Waals surface area contributed by atoms with Crippen molar-refractivity contribution >= 4 is 17.4 Å². The molecule has 0 spiro atoms. The summed E-state index contributed by atoms with van der Waals surface area (Å²) in [5.74, 6) is 1.36. The van der Waals surface area contributed by atoms with E-state index in [9.17, 15) is 13.2 Å². The molecule has 2 heterocycles. The first-order chi connectivity index (χ1) is 12.4. The molecule has 4 nitrogen and oxygen atoms in total. The van der Waals surface area contributed by atoms with Gasteiger partial charge in [0.15, 0.2) is 5.82 Å². The zero-order chi connectivity index (χ0) is 18.6. The van der Waals surface area contributed by atoms with Gasteiger partial charge in [0.1, 0.15) is 11.0 Å². The highest BCUT2D eigenvalue weighted by Gasteiger charge is 2.30. The minimum absolute atomic E-state index is 0.174. The Bertz CT molecular complexity index is 745. The number of hydrogen-bond acceptors (Lipinski definition) is 4. The van der Waals surface area contributed by atoms with E-state index in [0.717, 1.165) is 51.0 Å². The van der Waals surface area contributed by atoms with E-state index in [1.807, 2.05) is 0 Å². The topological polar surface area (TPSA) is 49.8 Å². The second-order valence-electron chi connectivity index (χ2n) is 6.39. The summed E-state index contributed by atoms with van der Waals surface area (Å²) in [4.78, 5) is 8.39. The van der Waals surface area contributed by atoms with Crippen LogP contribution in [0, 0.1) is 5.92 Å². The van der Waals surface area contributed by atoms with Crippen molar-refractivity contribution in [3.8, 4) is 11.4 Å². The predicted molar refractivity (Wildman–Crippen MR) is 96.2 cm³/mol. The fourth-order valence-corrected chi connectivity index (χ4v) is 3.23. The molecule has 0 amide bonds. The standard InChI is InChI=1S/C18H20ClF3N4/c19-15-11-16(24-9-6-12-4-7-23-8-5-12)26-17(25-15)13-2-1-3-14(10-13)18(20,21)22/h1-3,10-12,23H,4-9H2,(H,24,25,26). The summed E-state index contributed by atoms with van der Waals surface area (Å²) in [6.07, 6.45) is -1.09. The Balaban J connectivity index is 1.71. The van der Waals surface area contributed by atoms with Gasteiger partial charge in [0.2, 0.25) is 0 Å². The molecule has 1 aromatic heterocycles. The fourth-order valence-electron chi connectivity index (χ4n) is 3.05. The lowest BCUT2D eigenvalue weighted by Crippen LogP contribution is -2.28. The molecule has 0 bridgehead atoms. The number of hydrogen-bond donors (Lipinski definition) is 2. The van der Waals surface area contributed by atoms with Crippen molar-refractivity contribution in [2.24, 2.45) is 5.92 Å². The van der Waals surface area contributed by atoms with E-state index in [1.165, 1.54) is 6.07 Å². The summed E-state index contributed by atoms with van der Waals surface area (Å²) in [7, 11) is 0. The molecule has 0 unspecified atom stereocenters. The average Bonchev–Trinajstić information content (AvgIpc) is 2.62. The van der Waals surface area contributed by atoms with Gasteiger partial charge in [-0.05, 0) is 50.4 Å². The number of benzene rings is 1. The van der Waals surface area contributed by atoms with Gasteiger partial charge in [-0.1, -0.05) is 23.7 Å². The molecule has 1 aliphatic heterocycles. The van der Waals surface area contributed by atoms with Gasteiger partial charge < -0.3 is 10.6 Å². The van der Waals surface area contributed by atoms with Gasteiger partial charge >= 0.3 is 6.18 Å². The molecule has 0 radical (unpaired) electrons. The van der Waals surface area contributed by atoms with E-state index in [2.05, 4.69) is 20.6 Å². The van der Waals surface area contributed by atoms with Crippen LogP contribution in [0.4, 0.5) is 19.0 Å². The third-order valence-corrected chi connectivity index (χ3v) is 4.65. The van der Waals surface area contributed by atoms with Crippen LogP contribution in [0.3, 0.4) is 0 Å². The maximum atomic E-state index is 12.9. The van der Waals surface area contributed by atoms with E-state index in [1.54, 1.807) is 12.1 Å². The van der Waals surface area contributed by atoms with Gasteiger partial charge in [0.25, 0.3) is 0 Å². The molecule has 0 atom stereocenters. The number of anilines is 1. The highest BCUT2D eigenvalue weighted by atomic mass is 35.5. The van der Waals surface area contributed by atoms with E-state index >= 15 is 0 Å². The van der Waals surface area contributed by atoms with Gasteiger partial charge in [0, 0.05) is 18.2 Å². The van der Waals surface area contributed by atoms with Crippen molar-refractivity contribution in [2.75, 3.05) is 25.0 Å².